The molecule has 0 spiro atoms. The van der Waals surface area contributed by atoms with Crippen LogP contribution in [0.3, 0.4) is 0 Å². The van der Waals surface area contributed by atoms with Crippen molar-refractivity contribution in [3.05, 3.63) is 29.6 Å². The fourth-order valence-corrected chi connectivity index (χ4v) is 2.73. The van der Waals surface area contributed by atoms with Crippen LogP contribution in [0.4, 0.5) is 10.1 Å². The summed E-state index contributed by atoms with van der Waals surface area (Å²) >= 11 is 0. The number of hydrogen-bond donors (Lipinski definition) is 1. The highest BCUT2D eigenvalue weighted by Crippen LogP contribution is 2.27. The summed E-state index contributed by atoms with van der Waals surface area (Å²) in [5.41, 5.74) is 1.84. The zero-order chi connectivity index (χ0) is 13.8. The highest BCUT2D eigenvalue weighted by atomic mass is 19.1. The van der Waals surface area contributed by atoms with Crippen LogP contribution in [0.25, 0.3) is 0 Å². The van der Waals surface area contributed by atoms with Crippen LogP contribution >= 0.6 is 0 Å². The lowest BCUT2D eigenvalue weighted by Gasteiger charge is -2.21. The van der Waals surface area contributed by atoms with E-state index in [1.807, 2.05) is 19.1 Å². The SMILES string of the molecule is Cc1c(F)cccc1N1CCC(CNCC(C)C)C1. The van der Waals surface area contributed by atoms with Crippen LogP contribution in [-0.4, -0.2) is 26.2 Å². The van der Waals surface area contributed by atoms with E-state index in [0.29, 0.717) is 11.8 Å². The molecular formula is C16H25FN2. The van der Waals surface area contributed by atoms with Crippen molar-refractivity contribution < 1.29 is 4.39 Å². The summed E-state index contributed by atoms with van der Waals surface area (Å²) in [6.07, 6.45) is 1.20. The molecule has 2 nitrogen and oxygen atoms in total. The molecule has 19 heavy (non-hydrogen) atoms. The predicted octanol–water partition coefficient (Wildman–Crippen LogP) is 3.21. The molecule has 1 aromatic rings. The summed E-state index contributed by atoms with van der Waals surface area (Å²) in [4.78, 5) is 2.32. The average Bonchev–Trinajstić information content (AvgIpc) is 2.81. The molecule has 1 aromatic carbocycles. The third-order valence-electron chi connectivity index (χ3n) is 3.85. The third-order valence-corrected chi connectivity index (χ3v) is 3.85. The second-order valence-electron chi connectivity index (χ2n) is 6.04. The van der Waals surface area contributed by atoms with E-state index in [9.17, 15) is 4.39 Å². The molecule has 1 aliphatic heterocycles. The lowest BCUT2D eigenvalue weighted by atomic mass is 10.1. The van der Waals surface area contributed by atoms with Gasteiger partial charge in [-0.1, -0.05) is 19.9 Å². The van der Waals surface area contributed by atoms with Crippen molar-refractivity contribution in [3.8, 4) is 0 Å². The first-order valence-corrected chi connectivity index (χ1v) is 7.28. The molecule has 1 fully saturated rings. The molecule has 0 bridgehead atoms. The first kappa shape index (κ1) is 14.3. The van der Waals surface area contributed by atoms with E-state index in [2.05, 4.69) is 24.1 Å². The van der Waals surface area contributed by atoms with Gasteiger partial charge < -0.3 is 10.2 Å². The van der Waals surface area contributed by atoms with Crippen molar-refractivity contribution in [2.24, 2.45) is 11.8 Å². The second-order valence-corrected chi connectivity index (χ2v) is 6.04. The van der Waals surface area contributed by atoms with Crippen molar-refractivity contribution >= 4 is 5.69 Å². The van der Waals surface area contributed by atoms with Gasteiger partial charge in [-0.2, -0.15) is 0 Å². The van der Waals surface area contributed by atoms with Crippen molar-refractivity contribution in [1.29, 1.82) is 0 Å². The van der Waals surface area contributed by atoms with E-state index in [-0.39, 0.29) is 5.82 Å². The minimum atomic E-state index is -0.0983. The van der Waals surface area contributed by atoms with E-state index in [4.69, 9.17) is 0 Å². The fraction of sp³-hybridized carbons (Fsp3) is 0.625. The fourth-order valence-electron chi connectivity index (χ4n) is 2.73. The molecule has 1 heterocycles. The smallest absolute Gasteiger partial charge is 0.128 e. The molecule has 106 valence electrons. The molecule has 1 aliphatic rings. The van der Waals surface area contributed by atoms with E-state index < -0.39 is 0 Å². The summed E-state index contributed by atoms with van der Waals surface area (Å²) in [6, 6.07) is 5.38. The zero-order valence-electron chi connectivity index (χ0n) is 12.2. The van der Waals surface area contributed by atoms with Gasteiger partial charge in [0, 0.05) is 24.3 Å². The van der Waals surface area contributed by atoms with Crippen molar-refractivity contribution in [2.75, 3.05) is 31.1 Å². The first-order valence-electron chi connectivity index (χ1n) is 7.28. The van der Waals surface area contributed by atoms with Gasteiger partial charge in [-0.05, 0) is 50.4 Å². The summed E-state index contributed by atoms with van der Waals surface area (Å²) < 4.78 is 13.6. The molecule has 1 unspecified atom stereocenters. The Hall–Kier alpha value is -1.09. The number of anilines is 1. The Morgan fingerprint density at radius 2 is 2.21 bits per heavy atom. The van der Waals surface area contributed by atoms with Crippen LogP contribution in [-0.2, 0) is 0 Å². The van der Waals surface area contributed by atoms with Crippen LogP contribution < -0.4 is 10.2 Å². The topological polar surface area (TPSA) is 15.3 Å². The number of hydrogen-bond acceptors (Lipinski definition) is 2. The largest absolute Gasteiger partial charge is 0.371 e. The molecule has 0 saturated carbocycles. The molecular weight excluding hydrogens is 239 g/mol. The molecule has 2 rings (SSSR count). The maximum Gasteiger partial charge on any atom is 0.128 e. The molecule has 0 radical (unpaired) electrons. The van der Waals surface area contributed by atoms with Gasteiger partial charge in [0.15, 0.2) is 0 Å². The number of nitrogens with zero attached hydrogens (tertiary/aromatic N) is 1. The van der Waals surface area contributed by atoms with Crippen molar-refractivity contribution in [2.45, 2.75) is 27.2 Å². The lowest BCUT2D eigenvalue weighted by molar-refractivity contribution is 0.477. The average molecular weight is 264 g/mol. The van der Waals surface area contributed by atoms with Crippen LogP contribution in [0.5, 0.6) is 0 Å². The number of nitrogens with one attached hydrogen (secondary N) is 1. The summed E-state index contributed by atoms with van der Waals surface area (Å²) in [5, 5.41) is 3.52. The monoisotopic (exact) mass is 264 g/mol. The van der Waals surface area contributed by atoms with Crippen LogP contribution in [0.2, 0.25) is 0 Å². The highest BCUT2D eigenvalue weighted by Gasteiger charge is 2.23. The third kappa shape index (κ3) is 3.69. The normalized spacial score (nSPS) is 19.4. The Morgan fingerprint density at radius 3 is 2.95 bits per heavy atom. The van der Waals surface area contributed by atoms with Gasteiger partial charge in [-0.15, -0.1) is 0 Å². The number of halogens is 1. The molecule has 0 aromatic heterocycles. The van der Waals surface area contributed by atoms with Gasteiger partial charge in [0.25, 0.3) is 0 Å². The quantitative estimate of drug-likeness (QED) is 0.878. The first-order chi connectivity index (χ1) is 9.08. The Bertz CT molecular complexity index is 417. The predicted molar refractivity (Wildman–Crippen MR) is 79.2 cm³/mol. The van der Waals surface area contributed by atoms with E-state index in [1.165, 1.54) is 12.5 Å². The van der Waals surface area contributed by atoms with E-state index in [0.717, 1.165) is 37.4 Å². The Labute approximate surface area is 116 Å². The van der Waals surface area contributed by atoms with Gasteiger partial charge in [0.1, 0.15) is 5.82 Å². The second kappa shape index (κ2) is 6.38. The van der Waals surface area contributed by atoms with Crippen LogP contribution in [0.15, 0.2) is 18.2 Å². The standard InChI is InChI=1S/C16H25FN2/c1-12(2)9-18-10-14-7-8-19(11-14)16-6-4-5-15(17)13(16)3/h4-6,12,14,18H,7-11H2,1-3H3. The minimum absolute atomic E-state index is 0.0983. The highest BCUT2D eigenvalue weighted by molar-refractivity contribution is 5.54. The summed E-state index contributed by atoms with van der Waals surface area (Å²) in [7, 11) is 0. The number of rotatable bonds is 5. The molecule has 1 saturated heterocycles. The molecule has 1 N–H and O–H groups in total. The van der Waals surface area contributed by atoms with Gasteiger partial charge in [0.2, 0.25) is 0 Å². The maximum absolute atomic E-state index is 13.6. The van der Waals surface area contributed by atoms with Gasteiger partial charge in [0.05, 0.1) is 0 Å². The van der Waals surface area contributed by atoms with Crippen LogP contribution in [0.1, 0.15) is 25.8 Å². The van der Waals surface area contributed by atoms with Gasteiger partial charge in [-0.25, -0.2) is 4.39 Å². The van der Waals surface area contributed by atoms with Gasteiger partial charge in [-0.3, -0.25) is 0 Å². The van der Waals surface area contributed by atoms with E-state index >= 15 is 0 Å². The lowest BCUT2D eigenvalue weighted by Crippen LogP contribution is -2.29. The Morgan fingerprint density at radius 1 is 1.42 bits per heavy atom. The van der Waals surface area contributed by atoms with Crippen molar-refractivity contribution in [1.82, 2.24) is 5.32 Å². The molecule has 1 atom stereocenters. The molecule has 0 amide bonds. The van der Waals surface area contributed by atoms with Crippen molar-refractivity contribution in [3.63, 3.8) is 0 Å². The Kier molecular flexibility index (Phi) is 4.81. The van der Waals surface area contributed by atoms with Gasteiger partial charge >= 0.3 is 0 Å². The maximum atomic E-state index is 13.6. The zero-order valence-corrected chi connectivity index (χ0v) is 12.2. The molecule has 0 aliphatic carbocycles. The summed E-state index contributed by atoms with van der Waals surface area (Å²) in [5.74, 6) is 1.28. The minimum Gasteiger partial charge on any atom is -0.371 e. The Balaban J connectivity index is 1.89. The summed E-state index contributed by atoms with van der Waals surface area (Å²) in [6.45, 7) is 10.6. The van der Waals surface area contributed by atoms with Crippen LogP contribution in [0, 0.1) is 24.6 Å². The number of benzene rings is 1. The molecule has 3 heteroatoms. The van der Waals surface area contributed by atoms with E-state index in [1.54, 1.807) is 0 Å².